The molecule has 7 nitrogen and oxygen atoms in total. The van der Waals surface area contributed by atoms with Gasteiger partial charge in [0.05, 0.1) is 21.1 Å². The van der Waals surface area contributed by atoms with Crippen molar-refractivity contribution < 1.29 is 13.2 Å². The maximum Gasteiger partial charge on any atom is 0.276 e. The number of carbonyl (C=O) groups excluding carboxylic acids is 1. The minimum atomic E-state index is -3.34. The Morgan fingerprint density at radius 3 is 2.62 bits per heavy atom. The Bertz CT molecular complexity index is 1030. The van der Waals surface area contributed by atoms with Crippen LogP contribution in [0.4, 0.5) is 5.69 Å². The molecule has 0 radical (unpaired) electrons. The van der Waals surface area contributed by atoms with Crippen molar-refractivity contribution in [2.75, 3.05) is 18.2 Å². The first-order valence-electron chi connectivity index (χ1n) is 6.84. The Hall–Kier alpha value is -2.26. The van der Waals surface area contributed by atoms with Crippen LogP contribution in [0.25, 0.3) is 5.52 Å². The van der Waals surface area contributed by atoms with Gasteiger partial charge in [0.2, 0.25) is 0 Å². The fourth-order valence-corrected chi connectivity index (χ4v) is 3.11. The van der Waals surface area contributed by atoms with Crippen LogP contribution in [0.3, 0.4) is 0 Å². The van der Waals surface area contributed by atoms with Crippen LogP contribution in [-0.4, -0.2) is 42.2 Å². The number of fused-ring (bicyclic) bond motifs is 1. The third-order valence-electron chi connectivity index (χ3n) is 3.53. The van der Waals surface area contributed by atoms with Crippen LogP contribution in [0.2, 0.25) is 0 Å². The summed E-state index contributed by atoms with van der Waals surface area (Å²) < 4.78 is 25.4. The zero-order valence-electron chi connectivity index (χ0n) is 12.8. The monoisotopic (exact) mass is 408 g/mol. The number of hydrogen-bond acceptors (Lipinski definition) is 5. The molecule has 0 bridgehead atoms. The van der Waals surface area contributed by atoms with Crippen LogP contribution < -0.4 is 4.90 Å². The fourth-order valence-electron chi connectivity index (χ4n) is 2.16. The third kappa shape index (κ3) is 3.04. The highest BCUT2D eigenvalue weighted by atomic mass is 79.9. The second kappa shape index (κ2) is 5.99. The number of carbonyl (C=O) groups is 1. The lowest BCUT2D eigenvalue weighted by Gasteiger charge is -2.17. The van der Waals surface area contributed by atoms with Crippen molar-refractivity contribution in [2.24, 2.45) is 0 Å². The van der Waals surface area contributed by atoms with Crippen molar-refractivity contribution in [1.29, 1.82) is 0 Å². The number of aromatic nitrogens is 3. The molecule has 0 fully saturated rings. The Labute approximate surface area is 147 Å². The lowest BCUT2D eigenvalue weighted by atomic mass is 10.2. The molecule has 0 aromatic carbocycles. The van der Waals surface area contributed by atoms with E-state index in [0.717, 1.165) is 16.2 Å². The Kier molecular flexibility index (Phi) is 4.14. The van der Waals surface area contributed by atoms with E-state index in [-0.39, 0.29) is 16.5 Å². The summed E-state index contributed by atoms with van der Waals surface area (Å²) in [6, 6.07) is 6.36. The first-order valence-corrected chi connectivity index (χ1v) is 9.53. The number of amides is 1. The summed E-state index contributed by atoms with van der Waals surface area (Å²) in [4.78, 5) is 18.0. The van der Waals surface area contributed by atoms with E-state index in [0.29, 0.717) is 5.69 Å². The Balaban J connectivity index is 1.91. The number of sulfone groups is 1. The van der Waals surface area contributed by atoms with Crippen molar-refractivity contribution in [3.05, 3.63) is 53.0 Å². The van der Waals surface area contributed by atoms with Gasteiger partial charge in [-0.2, -0.15) is 5.10 Å². The Morgan fingerprint density at radius 2 is 2.00 bits per heavy atom. The molecule has 0 saturated carbocycles. The molecule has 0 aliphatic carbocycles. The smallest absolute Gasteiger partial charge is 0.276 e. The number of rotatable bonds is 3. The van der Waals surface area contributed by atoms with Gasteiger partial charge in [0, 0.05) is 31.4 Å². The molecule has 24 heavy (non-hydrogen) atoms. The van der Waals surface area contributed by atoms with E-state index in [1.165, 1.54) is 23.2 Å². The molecular weight excluding hydrogens is 396 g/mol. The minimum Gasteiger partial charge on any atom is -0.310 e. The highest BCUT2D eigenvalue weighted by Gasteiger charge is 2.17. The lowest BCUT2D eigenvalue weighted by Crippen LogP contribution is -2.27. The zero-order chi connectivity index (χ0) is 17.5. The zero-order valence-corrected chi connectivity index (χ0v) is 15.2. The van der Waals surface area contributed by atoms with Crippen molar-refractivity contribution >= 4 is 42.9 Å². The highest BCUT2D eigenvalue weighted by Crippen LogP contribution is 2.23. The minimum absolute atomic E-state index is 0.0753. The number of nitrogens with zero attached hydrogens (tertiary/aromatic N) is 4. The number of pyridine rings is 2. The summed E-state index contributed by atoms with van der Waals surface area (Å²) >= 11 is 3.40. The van der Waals surface area contributed by atoms with Crippen molar-refractivity contribution in [2.45, 2.75) is 4.90 Å². The second-order valence-corrected chi connectivity index (χ2v) is 8.09. The summed E-state index contributed by atoms with van der Waals surface area (Å²) in [7, 11) is -1.71. The van der Waals surface area contributed by atoms with Gasteiger partial charge in [-0.15, -0.1) is 0 Å². The maximum atomic E-state index is 12.5. The number of hydrogen-bond donors (Lipinski definition) is 0. The van der Waals surface area contributed by atoms with E-state index in [2.05, 4.69) is 26.0 Å². The van der Waals surface area contributed by atoms with E-state index in [4.69, 9.17) is 0 Å². The largest absolute Gasteiger partial charge is 0.310 e. The third-order valence-corrected chi connectivity index (χ3v) is 5.24. The quantitative estimate of drug-likeness (QED) is 0.662. The summed E-state index contributed by atoms with van der Waals surface area (Å²) in [5.74, 6) is -0.338. The van der Waals surface area contributed by atoms with Gasteiger partial charge < -0.3 is 4.90 Å². The van der Waals surface area contributed by atoms with Crippen LogP contribution in [0, 0.1) is 0 Å². The van der Waals surface area contributed by atoms with E-state index in [1.54, 1.807) is 30.0 Å². The van der Waals surface area contributed by atoms with Crippen LogP contribution in [0.15, 0.2) is 52.2 Å². The molecule has 124 valence electrons. The molecule has 0 N–H and O–H groups in total. The molecule has 3 rings (SSSR count). The average molecular weight is 409 g/mol. The molecule has 9 heteroatoms. The van der Waals surface area contributed by atoms with Gasteiger partial charge >= 0.3 is 0 Å². The molecule has 1 amide bonds. The standard InChI is InChI=1S/C15H13BrN4O3S/c1-19(10-5-6-20-14(7-10)12(16)9-18-20)15(21)13-4-3-11(8-17-13)24(2,22)23/h3-9H,1-2H3. The molecule has 0 atom stereocenters. The molecular formula is C15H13BrN4O3S. The van der Waals surface area contributed by atoms with Crippen molar-refractivity contribution in [3.63, 3.8) is 0 Å². The topological polar surface area (TPSA) is 84.6 Å². The predicted octanol–water partition coefficient (Wildman–Crippen LogP) is 2.17. The normalized spacial score (nSPS) is 11.6. The maximum absolute atomic E-state index is 12.5. The predicted molar refractivity (Wildman–Crippen MR) is 93.0 cm³/mol. The van der Waals surface area contributed by atoms with Crippen LogP contribution in [0.1, 0.15) is 10.5 Å². The molecule has 3 aromatic heterocycles. The van der Waals surface area contributed by atoms with Crippen LogP contribution in [0.5, 0.6) is 0 Å². The van der Waals surface area contributed by atoms with Gasteiger partial charge in [0.25, 0.3) is 5.91 Å². The van der Waals surface area contributed by atoms with Gasteiger partial charge in [-0.1, -0.05) is 0 Å². The molecule has 0 spiro atoms. The number of halogens is 1. The summed E-state index contributed by atoms with van der Waals surface area (Å²) in [5, 5.41) is 4.15. The van der Waals surface area contributed by atoms with Crippen LogP contribution >= 0.6 is 15.9 Å². The van der Waals surface area contributed by atoms with Crippen molar-refractivity contribution in [3.8, 4) is 0 Å². The molecule has 0 aliphatic rings. The molecule has 3 heterocycles. The van der Waals surface area contributed by atoms with E-state index in [1.807, 2.05) is 6.07 Å². The first kappa shape index (κ1) is 16.6. The molecule has 0 unspecified atom stereocenters. The SMILES string of the molecule is CN(C(=O)c1ccc(S(C)(=O)=O)cn1)c1ccn2ncc(Br)c2c1. The molecule has 0 saturated heterocycles. The summed E-state index contributed by atoms with van der Waals surface area (Å²) in [6.45, 7) is 0. The summed E-state index contributed by atoms with van der Waals surface area (Å²) in [5.41, 5.74) is 1.66. The number of anilines is 1. The molecule has 3 aromatic rings. The fraction of sp³-hybridized carbons (Fsp3) is 0.133. The van der Waals surface area contributed by atoms with Crippen molar-refractivity contribution in [1.82, 2.24) is 14.6 Å². The van der Waals surface area contributed by atoms with Gasteiger partial charge in [0.15, 0.2) is 9.84 Å². The highest BCUT2D eigenvalue weighted by molar-refractivity contribution is 9.10. The van der Waals surface area contributed by atoms with Gasteiger partial charge in [-0.05, 0) is 40.2 Å². The average Bonchev–Trinajstić information content (AvgIpc) is 2.93. The van der Waals surface area contributed by atoms with Gasteiger partial charge in [-0.3, -0.25) is 4.79 Å². The Morgan fingerprint density at radius 1 is 1.25 bits per heavy atom. The lowest BCUT2D eigenvalue weighted by molar-refractivity contribution is 0.0988. The first-order chi connectivity index (χ1) is 11.3. The van der Waals surface area contributed by atoms with Crippen LogP contribution in [-0.2, 0) is 9.84 Å². The molecule has 0 aliphatic heterocycles. The van der Waals surface area contributed by atoms with E-state index in [9.17, 15) is 13.2 Å². The van der Waals surface area contributed by atoms with Gasteiger partial charge in [-0.25, -0.2) is 17.9 Å². The van der Waals surface area contributed by atoms with Gasteiger partial charge in [0.1, 0.15) is 5.69 Å². The summed E-state index contributed by atoms with van der Waals surface area (Å²) in [6.07, 6.45) is 5.70. The van der Waals surface area contributed by atoms with E-state index < -0.39 is 9.84 Å². The second-order valence-electron chi connectivity index (χ2n) is 5.22. The van der Waals surface area contributed by atoms with E-state index >= 15 is 0 Å².